The Bertz CT molecular complexity index is 2300. The highest BCUT2D eigenvalue weighted by atomic mass is 16.5. The summed E-state index contributed by atoms with van der Waals surface area (Å²) < 4.78 is 16.0. The lowest BCUT2D eigenvalue weighted by molar-refractivity contribution is -0.145. The Morgan fingerprint density at radius 3 is 2.00 bits per heavy atom. The number of aromatic nitrogens is 4. The number of nitrogens with one attached hydrogen (secondary N) is 4. The first-order chi connectivity index (χ1) is 29.4. The van der Waals surface area contributed by atoms with Crippen molar-refractivity contribution < 1.29 is 33.4 Å². The summed E-state index contributed by atoms with van der Waals surface area (Å²) in [6.07, 6.45) is 7.61. The van der Waals surface area contributed by atoms with E-state index < -0.39 is 29.8 Å². The molecule has 15 heteroatoms. The van der Waals surface area contributed by atoms with Crippen molar-refractivity contribution in [3.05, 3.63) is 71.6 Å². The van der Waals surface area contributed by atoms with E-state index in [1.165, 1.54) is 14.2 Å². The van der Waals surface area contributed by atoms with E-state index in [-0.39, 0.29) is 41.7 Å². The monoisotopic (exact) mass is 834 g/mol. The van der Waals surface area contributed by atoms with E-state index in [9.17, 15) is 19.2 Å². The SMILES string of the molecule is CC[C@@]1(c2ncc(-c3ccc4c(c3)COCc3cc(-c5cnc([C@@H]6CCCN6C(=O)[C@@H](NC(=O)OC)C(C)C)[nH]5)ccc3-4)[nH]2)[C@H]2CC[C@H](C2)N1C(=O)[C@@H](NC(=O)OC)C(C)C. The second-order valence-electron chi connectivity index (χ2n) is 17.6. The first kappa shape index (κ1) is 42.0. The molecule has 15 nitrogen and oxygen atoms in total. The molecule has 4 aromatic rings. The minimum Gasteiger partial charge on any atom is -0.453 e. The fourth-order valence-corrected chi connectivity index (χ4v) is 10.4. The minimum atomic E-state index is -0.713. The molecule has 2 aromatic heterocycles. The summed E-state index contributed by atoms with van der Waals surface area (Å²) in [7, 11) is 2.60. The molecule has 324 valence electrons. The predicted octanol–water partition coefficient (Wildman–Crippen LogP) is 7.20. The number of piperidine rings is 1. The molecule has 5 heterocycles. The van der Waals surface area contributed by atoms with Crippen LogP contribution < -0.4 is 10.6 Å². The summed E-state index contributed by atoms with van der Waals surface area (Å²) in [5, 5.41) is 5.51. The second-order valence-corrected chi connectivity index (χ2v) is 17.6. The van der Waals surface area contributed by atoms with Crippen LogP contribution in [0.5, 0.6) is 0 Å². The van der Waals surface area contributed by atoms with E-state index in [1.54, 1.807) is 0 Å². The number of benzene rings is 2. The van der Waals surface area contributed by atoms with Gasteiger partial charge >= 0.3 is 12.2 Å². The van der Waals surface area contributed by atoms with Crippen LogP contribution in [-0.4, -0.2) is 92.6 Å². The number of ether oxygens (including phenoxy) is 3. The van der Waals surface area contributed by atoms with Gasteiger partial charge in [0.2, 0.25) is 11.8 Å². The first-order valence-electron chi connectivity index (χ1n) is 21.7. The zero-order chi connectivity index (χ0) is 43.2. The van der Waals surface area contributed by atoms with Gasteiger partial charge in [-0.2, -0.15) is 0 Å². The van der Waals surface area contributed by atoms with Gasteiger partial charge < -0.3 is 44.6 Å². The molecular weight excluding hydrogens is 777 g/mol. The molecule has 4 N–H and O–H groups in total. The fraction of sp³-hybridized carbons (Fsp3) is 0.522. The largest absolute Gasteiger partial charge is 0.453 e. The normalized spacial score (nSPS) is 22.7. The number of likely N-dealkylation sites (tertiary alicyclic amines) is 2. The lowest BCUT2D eigenvalue weighted by atomic mass is 9.79. The Balaban J connectivity index is 1.02. The maximum absolute atomic E-state index is 14.4. The molecule has 4 aliphatic rings. The number of carbonyl (C=O) groups is 4. The van der Waals surface area contributed by atoms with Crippen molar-refractivity contribution in [1.29, 1.82) is 0 Å². The van der Waals surface area contributed by atoms with Gasteiger partial charge in [0.1, 0.15) is 29.3 Å². The van der Waals surface area contributed by atoms with Crippen molar-refractivity contribution in [3.63, 3.8) is 0 Å². The van der Waals surface area contributed by atoms with Crippen LogP contribution in [-0.2, 0) is 42.6 Å². The molecule has 0 spiro atoms. The number of aromatic amines is 2. The smallest absolute Gasteiger partial charge is 0.407 e. The number of H-pyrrole nitrogens is 2. The quantitative estimate of drug-likeness (QED) is 0.121. The summed E-state index contributed by atoms with van der Waals surface area (Å²) in [5.41, 5.74) is 7.36. The van der Waals surface area contributed by atoms with Crippen LogP contribution in [0.25, 0.3) is 33.6 Å². The van der Waals surface area contributed by atoms with E-state index in [0.717, 1.165) is 82.7 Å². The molecule has 3 fully saturated rings. The topological polar surface area (TPSA) is 184 Å². The number of methoxy groups -OCH3 is 2. The van der Waals surface area contributed by atoms with E-state index in [4.69, 9.17) is 24.2 Å². The number of amides is 4. The highest BCUT2D eigenvalue weighted by Crippen LogP contribution is 2.56. The van der Waals surface area contributed by atoms with Crippen LogP contribution in [0.2, 0.25) is 0 Å². The molecule has 2 bridgehead atoms. The second kappa shape index (κ2) is 17.0. The number of hydrogen-bond acceptors (Lipinski definition) is 9. The Kier molecular flexibility index (Phi) is 11.7. The lowest BCUT2D eigenvalue weighted by Crippen LogP contribution is -2.60. The van der Waals surface area contributed by atoms with E-state index in [2.05, 4.69) is 63.9 Å². The molecule has 3 aliphatic heterocycles. The van der Waals surface area contributed by atoms with Crippen molar-refractivity contribution in [2.75, 3.05) is 20.8 Å². The van der Waals surface area contributed by atoms with Gasteiger partial charge in [0.15, 0.2) is 0 Å². The summed E-state index contributed by atoms with van der Waals surface area (Å²) >= 11 is 0. The van der Waals surface area contributed by atoms with Crippen molar-refractivity contribution in [1.82, 2.24) is 40.4 Å². The molecule has 4 amide bonds. The van der Waals surface area contributed by atoms with Crippen LogP contribution in [0.15, 0.2) is 48.8 Å². The number of fused-ring (bicyclic) bond motifs is 5. The molecular formula is C46H58N8O7. The van der Waals surface area contributed by atoms with Gasteiger partial charge in [-0.15, -0.1) is 0 Å². The maximum atomic E-state index is 14.4. The molecule has 8 rings (SSSR count). The van der Waals surface area contributed by atoms with Gasteiger partial charge in [-0.05, 0) is 102 Å². The van der Waals surface area contributed by atoms with Gasteiger partial charge in [-0.1, -0.05) is 58.9 Å². The van der Waals surface area contributed by atoms with Crippen LogP contribution in [0.4, 0.5) is 9.59 Å². The zero-order valence-electron chi connectivity index (χ0n) is 36.2. The Morgan fingerprint density at radius 2 is 1.41 bits per heavy atom. The maximum Gasteiger partial charge on any atom is 0.407 e. The molecule has 1 aliphatic carbocycles. The standard InChI is InChI=1S/C46H58N8O7/c1-8-46(31-13-14-32(20-31)54(46)42(56)39(26(4)5)52-45(58)60-7)43-48-22-36(50-43)28-12-16-34-30(19-28)24-61-23-29-18-27(11-15-33(29)34)35-21-47-40(49-35)37-10-9-17-53(37)41(55)38(25(2)3)51-44(57)59-6/h11-12,15-16,18-19,21-22,25-26,31-32,37-39H,8-10,13-14,17,20,23-24H2,1-7H3,(H,47,49)(H,48,50)(H,51,57)(H,52,58)/t31-,32+,37-,38-,39-,46-/m0/s1. The number of carbonyl (C=O) groups excluding carboxylic acids is 4. The Morgan fingerprint density at radius 1 is 0.820 bits per heavy atom. The van der Waals surface area contributed by atoms with E-state index >= 15 is 0 Å². The average Bonchev–Trinajstić information content (AvgIpc) is 4.12. The number of imidazole rings is 2. The van der Waals surface area contributed by atoms with E-state index in [0.29, 0.717) is 32.0 Å². The van der Waals surface area contributed by atoms with Crippen LogP contribution in [0, 0.1) is 17.8 Å². The number of nitrogens with zero attached hydrogens (tertiary/aromatic N) is 4. The molecule has 1 saturated carbocycles. The Labute approximate surface area is 356 Å². The highest BCUT2D eigenvalue weighted by molar-refractivity contribution is 5.88. The van der Waals surface area contributed by atoms with Gasteiger partial charge in [0.05, 0.1) is 57.3 Å². The van der Waals surface area contributed by atoms with Gasteiger partial charge in [-0.25, -0.2) is 19.6 Å². The number of hydrogen-bond donors (Lipinski definition) is 4. The third kappa shape index (κ3) is 7.55. The summed E-state index contributed by atoms with van der Waals surface area (Å²) in [6.45, 7) is 11.3. The minimum absolute atomic E-state index is 0.0846. The number of rotatable bonds is 11. The fourth-order valence-electron chi connectivity index (χ4n) is 10.4. The Hall–Kier alpha value is -5.70. The molecule has 0 radical (unpaired) electrons. The molecule has 61 heavy (non-hydrogen) atoms. The molecule has 2 aromatic carbocycles. The van der Waals surface area contributed by atoms with Crippen molar-refractivity contribution in [2.24, 2.45) is 17.8 Å². The van der Waals surface area contributed by atoms with Crippen LogP contribution >= 0.6 is 0 Å². The third-order valence-electron chi connectivity index (χ3n) is 13.5. The van der Waals surface area contributed by atoms with E-state index in [1.807, 2.05) is 49.9 Å². The highest BCUT2D eigenvalue weighted by Gasteiger charge is 2.60. The summed E-state index contributed by atoms with van der Waals surface area (Å²) in [5.74, 6) is 1.27. The van der Waals surface area contributed by atoms with Crippen LogP contribution in [0.1, 0.15) is 102 Å². The lowest BCUT2D eigenvalue weighted by Gasteiger charge is -2.47. The molecule has 2 saturated heterocycles. The zero-order valence-corrected chi connectivity index (χ0v) is 36.2. The molecule has 6 atom stereocenters. The number of alkyl carbamates (subject to hydrolysis) is 2. The van der Waals surface area contributed by atoms with Crippen molar-refractivity contribution in [2.45, 2.75) is 116 Å². The predicted molar refractivity (Wildman–Crippen MR) is 227 cm³/mol. The van der Waals surface area contributed by atoms with Gasteiger partial charge in [-0.3, -0.25) is 9.59 Å². The van der Waals surface area contributed by atoms with Gasteiger partial charge in [0, 0.05) is 12.6 Å². The van der Waals surface area contributed by atoms with Crippen LogP contribution in [0.3, 0.4) is 0 Å². The first-order valence-corrected chi connectivity index (χ1v) is 21.7. The van der Waals surface area contributed by atoms with Crippen molar-refractivity contribution >= 4 is 24.0 Å². The van der Waals surface area contributed by atoms with Gasteiger partial charge in [0.25, 0.3) is 0 Å². The average molecular weight is 835 g/mol. The third-order valence-corrected chi connectivity index (χ3v) is 13.5. The summed E-state index contributed by atoms with van der Waals surface area (Å²) in [4.78, 5) is 73.1. The molecule has 0 unspecified atom stereocenters. The summed E-state index contributed by atoms with van der Waals surface area (Å²) in [6, 6.07) is 11.2. The van der Waals surface area contributed by atoms with Crippen molar-refractivity contribution in [3.8, 4) is 33.6 Å².